The molecule has 0 bridgehead atoms. The minimum atomic E-state index is -0.995. The largest absolute Gasteiger partial charge is 0.550 e. The van der Waals surface area contributed by atoms with Gasteiger partial charge in [-0.1, -0.05) is 107 Å². The summed E-state index contributed by atoms with van der Waals surface area (Å²) in [7, 11) is -0.0360. The van der Waals surface area contributed by atoms with Gasteiger partial charge in [0.25, 0.3) is 0 Å². The molecule has 0 heterocycles. The SMILES string of the molecule is CCC(=O)[O-].CCCCCCCCCCc1ccc([S+](c2ccccc2)c2ccccc2)cc1. The molecule has 0 spiro atoms. The van der Waals surface area contributed by atoms with E-state index in [1.54, 1.807) is 0 Å². The molecule has 0 saturated carbocycles. The normalized spacial score (nSPS) is 10.6. The van der Waals surface area contributed by atoms with Crippen molar-refractivity contribution < 1.29 is 9.90 Å². The molecule has 182 valence electrons. The molecule has 3 aromatic carbocycles. The lowest BCUT2D eigenvalue weighted by Crippen LogP contribution is -2.19. The summed E-state index contributed by atoms with van der Waals surface area (Å²) < 4.78 is 0. The molecule has 0 unspecified atom stereocenters. The second-order valence-electron chi connectivity index (χ2n) is 8.53. The van der Waals surface area contributed by atoms with E-state index >= 15 is 0 Å². The fourth-order valence-electron chi connectivity index (χ4n) is 3.78. The molecule has 0 N–H and O–H groups in total. The van der Waals surface area contributed by atoms with E-state index in [4.69, 9.17) is 0 Å². The average molecular weight is 477 g/mol. The third kappa shape index (κ3) is 10.6. The highest BCUT2D eigenvalue weighted by atomic mass is 32.2. The van der Waals surface area contributed by atoms with Gasteiger partial charge < -0.3 is 9.90 Å². The van der Waals surface area contributed by atoms with E-state index in [1.165, 1.54) is 85.0 Å². The Labute approximate surface area is 209 Å². The molecule has 34 heavy (non-hydrogen) atoms. The Kier molecular flexibility index (Phi) is 13.9. The molecule has 3 rings (SSSR count). The quantitative estimate of drug-likeness (QED) is 0.188. The first-order chi connectivity index (χ1) is 16.7. The lowest BCUT2D eigenvalue weighted by atomic mass is 10.0. The van der Waals surface area contributed by atoms with E-state index in [9.17, 15) is 9.90 Å². The van der Waals surface area contributed by atoms with E-state index in [0.29, 0.717) is 0 Å². The van der Waals surface area contributed by atoms with E-state index in [0.717, 1.165) is 0 Å². The molecule has 0 amide bonds. The van der Waals surface area contributed by atoms with Crippen molar-refractivity contribution in [3.63, 3.8) is 0 Å². The van der Waals surface area contributed by atoms with Gasteiger partial charge in [-0.05, 0) is 61.2 Å². The summed E-state index contributed by atoms with van der Waals surface area (Å²) >= 11 is 0. The van der Waals surface area contributed by atoms with Crippen molar-refractivity contribution in [1.29, 1.82) is 0 Å². The van der Waals surface area contributed by atoms with Crippen LogP contribution in [0.2, 0.25) is 0 Å². The maximum Gasteiger partial charge on any atom is 0.166 e. The molecule has 0 atom stereocenters. The average Bonchev–Trinajstić information content (AvgIpc) is 2.88. The van der Waals surface area contributed by atoms with Crippen molar-refractivity contribution in [3.05, 3.63) is 90.5 Å². The molecule has 0 fully saturated rings. The fraction of sp³-hybridized carbons (Fsp3) is 0.387. The van der Waals surface area contributed by atoms with Crippen LogP contribution in [0, 0.1) is 0 Å². The van der Waals surface area contributed by atoms with Crippen molar-refractivity contribution >= 4 is 16.9 Å². The highest BCUT2D eigenvalue weighted by Gasteiger charge is 2.27. The predicted octanol–water partition coefficient (Wildman–Crippen LogP) is 7.61. The van der Waals surface area contributed by atoms with Gasteiger partial charge in [0.1, 0.15) is 0 Å². The molecule has 2 nitrogen and oxygen atoms in total. The number of carbonyl (C=O) groups excluding carboxylic acids is 1. The van der Waals surface area contributed by atoms with E-state index in [1.807, 2.05) is 0 Å². The van der Waals surface area contributed by atoms with Crippen molar-refractivity contribution in [2.45, 2.75) is 92.7 Å². The first-order valence-corrected chi connectivity index (χ1v) is 14.0. The Morgan fingerprint density at radius 2 is 1.03 bits per heavy atom. The number of carbonyl (C=O) groups is 1. The van der Waals surface area contributed by atoms with Crippen LogP contribution in [0.5, 0.6) is 0 Å². The van der Waals surface area contributed by atoms with Gasteiger partial charge in [-0.3, -0.25) is 0 Å². The van der Waals surface area contributed by atoms with Gasteiger partial charge >= 0.3 is 0 Å². The molecule has 0 radical (unpaired) electrons. The molecule has 3 aromatic rings. The summed E-state index contributed by atoms with van der Waals surface area (Å²) in [6, 6.07) is 31.2. The smallest absolute Gasteiger partial charge is 0.166 e. The van der Waals surface area contributed by atoms with E-state index in [-0.39, 0.29) is 17.3 Å². The summed E-state index contributed by atoms with van der Waals surface area (Å²) in [4.78, 5) is 13.4. The summed E-state index contributed by atoms with van der Waals surface area (Å²) in [5.41, 5.74) is 1.48. The van der Waals surface area contributed by atoms with Crippen molar-refractivity contribution in [1.82, 2.24) is 0 Å². The van der Waals surface area contributed by atoms with Crippen LogP contribution in [0.15, 0.2) is 99.6 Å². The Morgan fingerprint density at radius 1 is 0.618 bits per heavy atom. The zero-order chi connectivity index (χ0) is 24.4. The van der Waals surface area contributed by atoms with Crippen LogP contribution < -0.4 is 5.11 Å². The van der Waals surface area contributed by atoms with Gasteiger partial charge in [0, 0.05) is 5.97 Å². The zero-order valence-electron chi connectivity index (χ0n) is 20.9. The van der Waals surface area contributed by atoms with E-state index < -0.39 is 5.97 Å². The van der Waals surface area contributed by atoms with Gasteiger partial charge in [-0.15, -0.1) is 0 Å². The molecule has 3 heteroatoms. The van der Waals surface area contributed by atoms with Crippen LogP contribution in [0.3, 0.4) is 0 Å². The monoisotopic (exact) mass is 476 g/mol. The number of carboxylic acid groups (broad SMARTS) is 1. The number of carboxylic acids is 1. The topological polar surface area (TPSA) is 40.1 Å². The van der Waals surface area contributed by atoms with Crippen LogP contribution in [-0.2, 0) is 22.1 Å². The minimum absolute atomic E-state index is 0.0360. The molecular weight excluding hydrogens is 436 g/mol. The van der Waals surface area contributed by atoms with Crippen LogP contribution in [0.4, 0.5) is 0 Å². The number of hydrogen-bond donors (Lipinski definition) is 0. The van der Waals surface area contributed by atoms with Crippen LogP contribution in [-0.4, -0.2) is 5.97 Å². The van der Waals surface area contributed by atoms with Gasteiger partial charge in [-0.2, -0.15) is 0 Å². The predicted molar refractivity (Wildman–Crippen MR) is 143 cm³/mol. The third-order valence-corrected chi connectivity index (χ3v) is 7.96. The van der Waals surface area contributed by atoms with E-state index in [2.05, 4.69) is 91.9 Å². The fourth-order valence-corrected chi connectivity index (χ4v) is 5.86. The summed E-state index contributed by atoms with van der Waals surface area (Å²) in [6.07, 6.45) is 12.4. The highest BCUT2D eigenvalue weighted by Crippen LogP contribution is 2.31. The Balaban J connectivity index is 0.000000739. The summed E-state index contributed by atoms with van der Waals surface area (Å²) in [6.45, 7) is 3.82. The lowest BCUT2D eigenvalue weighted by molar-refractivity contribution is -0.305. The number of unbranched alkanes of at least 4 members (excludes halogenated alkanes) is 7. The molecule has 0 aromatic heterocycles. The first kappa shape index (κ1) is 27.7. The standard InChI is InChI=1S/C28H35S.C3H6O2/c1-2-3-4-5-6-7-8-11-16-25-21-23-28(24-22-25)29(26-17-12-9-13-18-26)27-19-14-10-15-20-27;1-2-3(4)5/h9-10,12-15,17-24H,2-8,11,16H2,1H3;2H2,1H3,(H,4,5)/q+1;/p-1. The van der Waals surface area contributed by atoms with Gasteiger partial charge in [-0.25, -0.2) is 0 Å². The number of rotatable bonds is 13. The van der Waals surface area contributed by atoms with Crippen molar-refractivity contribution in [2.75, 3.05) is 0 Å². The van der Waals surface area contributed by atoms with Crippen molar-refractivity contribution in [3.8, 4) is 0 Å². The first-order valence-electron chi connectivity index (χ1n) is 12.8. The lowest BCUT2D eigenvalue weighted by Gasteiger charge is -2.09. The number of aryl methyl sites for hydroxylation is 1. The maximum absolute atomic E-state index is 9.26. The van der Waals surface area contributed by atoms with Crippen LogP contribution in [0.25, 0.3) is 0 Å². The number of hydrogen-bond acceptors (Lipinski definition) is 2. The second-order valence-corrected chi connectivity index (χ2v) is 10.6. The minimum Gasteiger partial charge on any atom is -0.550 e. The second kappa shape index (κ2) is 17.0. The van der Waals surface area contributed by atoms with Gasteiger partial charge in [0.05, 0.1) is 10.9 Å². The summed E-state index contributed by atoms with van der Waals surface area (Å²) in [5, 5.41) is 9.26. The Hall–Kier alpha value is -2.52. The van der Waals surface area contributed by atoms with Crippen molar-refractivity contribution in [2.24, 2.45) is 0 Å². The van der Waals surface area contributed by atoms with Gasteiger partial charge in [0.2, 0.25) is 0 Å². The van der Waals surface area contributed by atoms with Crippen LogP contribution >= 0.6 is 0 Å². The molecular formula is C31H40O2S. The number of benzene rings is 3. The van der Waals surface area contributed by atoms with Gasteiger partial charge in [0.15, 0.2) is 14.7 Å². The number of aliphatic carboxylic acids is 1. The highest BCUT2D eigenvalue weighted by molar-refractivity contribution is 7.97. The Morgan fingerprint density at radius 3 is 1.47 bits per heavy atom. The maximum atomic E-state index is 9.26. The Bertz CT molecular complexity index is 868. The summed E-state index contributed by atoms with van der Waals surface area (Å²) in [5.74, 6) is -0.995. The molecule has 0 saturated heterocycles. The third-order valence-electron chi connectivity index (χ3n) is 5.72. The molecule has 0 aliphatic carbocycles. The molecule has 0 aliphatic rings. The van der Waals surface area contributed by atoms with Crippen LogP contribution in [0.1, 0.15) is 77.2 Å². The molecule has 0 aliphatic heterocycles. The zero-order valence-corrected chi connectivity index (χ0v) is 21.7.